The van der Waals surface area contributed by atoms with Gasteiger partial charge in [-0.05, 0) is 17.7 Å². The van der Waals surface area contributed by atoms with E-state index in [1.54, 1.807) is 16.9 Å². The molecule has 3 aromatic rings. The Hall–Kier alpha value is -1.88. The molecule has 0 amide bonds. The van der Waals surface area contributed by atoms with Gasteiger partial charge in [0.1, 0.15) is 0 Å². The van der Waals surface area contributed by atoms with E-state index in [0.717, 1.165) is 22.2 Å². The summed E-state index contributed by atoms with van der Waals surface area (Å²) in [7, 11) is 0. The van der Waals surface area contributed by atoms with Gasteiger partial charge in [0.25, 0.3) is 0 Å². The molecule has 1 aromatic carbocycles. The van der Waals surface area contributed by atoms with E-state index in [9.17, 15) is 0 Å². The molecule has 0 unspecified atom stereocenters. The third-order valence-corrected chi connectivity index (χ3v) is 3.15. The minimum atomic E-state index is 0.611. The van der Waals surface area contributed by atoms with Crippen LogP contribution in [0.25, 0.3) is 5.65 Å². The van der Waals surface area contributed by atoms with Crippen LogP contribution in [-0.4, -0.2) is 14.6 Å². The zero-order chi connectivity index (χ0) is 12.5. The van der Waals surface area contributed by atoms with Gasteiger partial charge in [0.15, 0.2) is 5.65 Å². The molecule has 0 saturated carbocycles. The number of benzene rings is 1. The summed E-state index contributed by atoms with van der Waals surface area (Å²) in [6, 6.07) is 10.2. The average molecular weight is 303 g/mol. The molecule has 0 fully saturated rings. The van der Waals surface area contributed by atoms with Crippen LogP contribution < -0.4 is 5.73 Å². The fraction of sp³-hybridized carbons (Fsp3) is 0.0769. The Morgan fingerprint density at radius 1 is 1.28 bits per heavy atom. The largest absolute Gasteiger partial charge is 0.396 e. The van der Waals surface area contributed by atoms with Gasteiger partial charge in [-0.2, -0.15) is 5.10 Å². The Kier molecular flexibility index (Phi) is 2.76. The van der Waals surface area contributed by atoms with E-state index in [1.165, 1.54) is 5.56 Å². The Balaban J connectivity index is 1.95. The number of nitrogens with two attached hydrogens (primary N) is 1. The van der Waals surface area contributed by atoms with E-state index in [4.69, 9.17) is 5.73 Å². The highest BCUT2D eigenvalue weighted by molar-refractivity contribution is 9.10. The van der Waals surface area contributed by atoms with Crippen molar-refractivity contribution >= 4 is 27.3 Å². The highest BCUT2D eigenvalue weighted by Gasteiger charge is 2.04. The monoisotopic (exact) mass is 302 g/mol. The first kappa shape index (κ1) is 11.2. The van der Waals surface area contributed by atoms with Gasteiger partial charge in [-0.3, -0.25) is 0 Å². The molecule has 2 aromatic heterocycles. The van der Waals surface area contributed by atoms with Gasteiger partial charge in [0, 0.05) is 17.0 Å². The summed E-state index contributed by atoms with van der Waals surface area (Å²) < 4.78 is 2.79. The van der Waals surface area contributed by atoms with Crippen LogP contribution in [0.15, 0.2) is 47.2 Å². The maximum atomic E-state index is 5.68. The van der Waals surface area contributed by atoms with Gasteiger partial charge >= 0.3 is 0 Å². The van der Waals surface area contributed by atoms with E-state index < -0.39 is 0 Å². The van der Waals surface area contributed by atoms with Crippen molar-refractivity contribution in [2.75, 3.05) is 5.73 Å². The topological polar surface area (TPSA) is 56.2 Å². The van der Waals surface area contributed by atoms with Crippen molar-refractivity contribution < 1.29 is 0 Å². The summed E-state index contributed by atoms with van der Waals surface area (Å²) in [5.74, 6) is 0. The molecule has 5 heteroatoms. The Labute approximate surface area is 113 Å². The van der Waals surface area contributed by atoms with Gasteiger partial charge in [-0.1, -0.05) is 28.1 Å². The SMILES string of the molecule is Nc1cnc2cc(Cc3cccc(Br)c3)nn2c1. The zero-order valence-electron chi connectivity index (χ0n) is 9.55. The fourth-order valence-corrected chi connectivity index (χ4v) is 2.33. The number of hydrogen-bond acceptors (Lipinski definition) is 3. The number of rotatable bonds is 2. The van der Waals surface area contributed by atoms with E-state index >= 15 is 0 Å². The van der Waals surface area contributed by atoms with Crippen molar-refractivity contribution in [1.29, 1.82) is 0 Å². The van der Waals surface area contributed by atoms with Crippen molar-refractivity contribution in [1.82, 2.24) is 14.6 Å². The molecule has 0 aliphatic heterocycles. The van der Waals surface area contributed by atoms with E-state index in [2.05, 4.69) is 38.1 Å². The van der Waals surface area contributed by atoms with Gasteiger partial charge in [-0.25, -0.2) is 9.50 Å². The zero-order valence-corrected chi connectivity index (χ0v) is 11.1. The lowest BCUT2D eigenvalue weighted by atomic mass is 10.1. The maximum absolute atomic E-state index is 5.68. The summed E-state index contributed by atoms with van der Waals surface area (Å²) in [6.07, 6.45) is 4.19. The number of anilines is 1. The molecule has 0 atom stereocenters. The normalized spacial score (nSPS) is 10.9. The van der Waals surface area contributed by atoms with Crippen molar-refractivity contribution in [2.45, 2.75) is 6.42 Å². The van der Waals surface area contributed by atoms with Crippen molar-refractivity contribution in [3.63, 3.8) is 0 Å². The Morgan fingerprint density at radius 3 is 3.00 bits per heavy atom. The van der Waals surface area contributed by atoms with Crippen LogP contribution in [0.2, 0.25) is 0 Å². The first-order chi connectivity index (χ1) is 8.70. The molecule has 0 aliphatic rings. The molecule has 4 nitrogen and oxygen atoms in total. The minimum absolute atomic E-state index is 0.611. The van der Waals surface area contributed by atoms with Gasteiger partial charge in [0.2, 0.25) is 0 Å². The number of nitrogens with zero attached hydrogens (tertiary/aromatic N) is 3. The predicted molar refractivity (Wildman–Crippen MR) is 74.3 cm³/mol. The van der Waals surface area contributed by atoms with Crippen LogP contribution in [0.3, 0.4) is 0 Å². The van der Waals surface area contributed by atoms with Crippen LogP contribution in [-0.2, 0) is 6.42 Å². The number of aromatic nitrogens is 3. The fourth-order valence-electron chi connectivity index (χ4n) is 1.88. The lowest BCUT2D eigenvalue weighted by Gasteiger charge is -1.98. The van der Waals surface area contributed by atoms with Crippen LogP contribution >= 0.6 is 15.9 Å². The Morgan fingerprint density at radius 2 is 2.17 bits per heavy atom. The number of nitrogen functional groups attached to an aromatic ring is 1. The van der Waals surface area contributed by atoms with Crippen molar-refractivity contribution in [3.05, 3.63) is 58.5 Å². The van der Waals surface area contributed by atoms with Crippen molar-refractivity contribution in [3.8, 4) is 0 Å². The summed E-state index contributed by atoms with van der Waals surface area (Å²) in [5.41, 5.74) is 9.29. The number of hydrogen-bond donors (Lipinski definition) is 1. The summed E-state index contributed by atoms with van der Waals surface area (Å²) in [4.78, 5) is 4.23. The molecule has 90 valence electrons. The predicted octanol–water partition coefficient (Wildman–Crippen LogP) is 2.66. The van der Waals surface area contributed by atoms with Crippen LogP contribution in [0, 0.1) is 0 Å². The third-order valence-electron chi connectivity index (χ3n) is 2.66. The molecule has 0 bridgehead atoms. The maximum Gasteiger partial charge on any atom is 0.155 e. The van der Waals surface area contributed by atoms with Crippen LogP contribution in [0.5, 0.6) is 0 Å². The second-order valence-electron chi connectivity index (χ2n) is 4.13. The van der Waals surface area contributed by atoms with Crippen LogP contribution in [0.4, 0.5) is 5.69 Å². The minimum Gasteiger partial charge on any atom is -0.396 e. The lowest BCUT2D eigenvalue weighted by molar-refractivity contribution is 0.898. The van der Waals surface area contributed by atoms with E-state index in [1.807, 2.05) is 18.2 Å². The average Bonchev–Trinajstić information content (AvgIpc) is 2.70. The summed E-state index contributed by atoms with van der Waals surface area (Å²) >= 11 is 3.47. The molecular formula is C13H11BrN4. The number of fused-ring (bicyclic) bond motifs is 1. The summed E-state index contributed by atoms with van der Waals surface area (Å²) in [6.45, 7) is 0. The molecule has 0 radical (unpaired) electrons. The highest BCUT2D eigenvalue weighted by Crippen LogP contribution is 2.15. The number of halogens is 1. The molecule has 0 spiro atoms. The first-order valence-corrected chi connectivity index (χ1v) is 6.34. The molecule has 2 heterocycles. The van der Waals surface area contributed by atoms with Crippen LogP contribution in [0.1, 0.15) is 11.3 Å². The molecule has 18 heavy (non-hydrogen) atoms. The van der Waals surface area contributed by atoms with E-state index in [-0.39, 0.29) is 0 Å². The molecule has 3 rings (SSSR count). The van der Waals surface area contributed by atoms with Gasteiger partial charge < -0.3 is 5.73 Å². The highest BCUT2D eigenvalue weighted by atomic mass is 79.9. The van der Waals surface area contributed by atoms with Gasteiger partial charge in [-0.15, -0.1) is 0 Å². The third kappa shape index (κ3) is 2.22. The molecular weight excluding hydrogens is 292 g/mol. The van der Waals surface area contributed by atoms with Crippen molar-refractivity contribution in [2.24, 2.45) is 0 Å². The standard InChI is InChI=1S/C13H11BrN4/c14-10-3-1-2-9(4-10)5-12-6-13-16-7-11(15)8-18(13)17-12/h1-4,6-8H,5,15H2. The lowest BCUT2D eigenvalue weighted by Crippen LogP contribution is -1.95. The first-order valence-electron chi connectivity index (χ1n) is 5.55. The van der Waals surface area contributed by atoms with E-state index in [0.29, 0.717) is 5.69 Å². The second kappa shape index (κ2) is 4.42. The smallest absolute Gasteiger partial charge is 0.155 e. The summed E-state index contributed by atoms with van der Waals surface area (Å²) in [5, 5.41) is 4.46. The molecule has 2 N–H and O–H groups in total. The molecule has 0 aliphatic carbocycles. The molecule has 0 saturated heterocycles. The quantitative estimate of drug-likeness (QED) is 0.792. The second-order valence-corrected chi connectivity index (χ2v) is 5.05. The Bertz CT molecular complexity index is 705. The van der Waals surface area contributed by atoms with Gasteiger partial charge in [0.05, 0.1) is 23.8 Å².